The number of carbonyl (C=O) groups excluding carboxylic acids is 4. The molecule has 374 valence electrons. The third kappa shape index (κ3) is 13.0. The van der Waals surface area contributed by atoms with E-state index in [1.54, 1.807) is 4.90 Å². The maximum atomic E-state index is 15.2. The lowest BCUT2D eigenvalue weighted by Gasteiger charge is -2.57. The molecule has 5 aliphatic rings. The molecule has 1 aliphatic carbocycles. The van der Waals surface area contributed by atoms with E-state index >= 15 is 4.79 Å². The van der Waals surface area contributed by atoms with Crippen molar-refractivity contribution in [3.8, 4) is 0 Å². The Labute approximate surface area is 395 Å². The summed E-state index contributed by atoms with van der Waals surface area (Å²) in [5, 5.41) is 4.09. The molecule has 12 heteroatoms. The van der Waals surface area contributed by atoms with E-state index in [-0.39, 0.29) is 43.1 Å². The molecule has 4 saturated heterocycles. The summed E-state index contributed by atoms with van der Waals surface area (Å²) in [6, 6.07) is 0. The molecule has 5 fully saturated rings. The van der Waals surface area contributed by atoms with Crippen LogP contribution in [-0.2, 0) is 38.3 Å². The molecule has 0 radical (unpaired) electrons. The number of piperidine rings is 2. The van der Waals surface area contributed by atoms with Crippen molar-refractivity contribution >= 4 is 23.6 Å². The molecule has 0 aromatic rings. The van der Waals surface area contributed by atoms with Crippen LogP contribution >= 0.6 is 0 Å². The molecule has 0 atom stereocenters. The molecular formula is C53H94N4O8. The Morgan fingerprint density at radius 2 is 0.969 bits per heavy atom. The van der Waals surface area contributed by atoms with E-state index in [4.69, 9.17) is 19.1 Å². The van der Waals surface area contributed by atoms with Crippen LogP contribution in [0.2, 0.25) is 0 Å². The standard InChI is InChI=1S/C53H94N4O8/c1-11-36-63-56-47(3,4)39-51(40-48(56,5)6)45(60)54(35-29-25-21-17-14-18-22-26-30-37-62-51)44(59)32-31-38-64-57-49(7,8)41-52(42-50(57,9)10)46(61)55(43(58)12-2)53(65-52)33-27-23-19-15-13-16-20-24-28-34-53/h11-42H2,1-10H3. The lowest BCUT2D eigenvalue weighted by atomic mass is 9.71. The van der Waals surface area contributed by atoms with Gasteiger partial charge in [0.1, 0.15) is 0 Å². The Morgan fingerprint density at radius 1 is 0.538 bits per heavy atom. The Kier molecular flexibility index (Phi) is 19.2. The highest BCUT2D eigenvalue weighted by Crippen LogP contribution is 2.54. The van der Waals surface area contributed by atoms with Gasteiger partial charge in [-0.1, -0.05) is 104 Å². The minimum absolute atomic E-state index is 0.147. The monoisotopic (exact) mass is 915 g/mol. The number of hydrogen-bond donors (Lipinski definition) is 0. The van der Waals surface area contributed by atoms with Gasteiger partial charge in [-0.2, -0.15) is 10.1 Å². The quantitative estimate of drug-likeness (QED) is 0.207. The second-order valence-corrected chi connectivity index (χ2v) is 23.3. The number of ether oxygens (including phenoxy) is 2. The highest BCUT2D eigenvalue weighted by atomic mass is 16.7. The highest BCUT2D eigenvalue weighted by molar-refractivity contribution is 6.02. The number of hydrogen-bond acceptors (Lipinski definition) is 10. The third-order valence-electron chi connectivity index (χ3n) is 15.2. The number of amides is 4. The van der Waals surface area contributed by atoms with Crippen LogP contribution in [0.1, 0.15) is 249 Å². The number of imide groups is 2. The van der Waals surface area contributed by atoms with Crippen molar-refractivity contribution in [1.29, 1.82) is 0 Å². The van der Waals surface area contributed by atoms with Crippen LogP contribution in [0.25, 0.3) is 0 Å². The van der Waals surface area contributed by atoms with Gasteiger partial charge < -0.3 is 9.47 Å². The van der Waals surface area contributed by atoms with E-state index in [2.05, 4.69) is 67.4 Å². The van der Waals surface area contributed by atoms with Crippen molar-refractivity contribution in [2.45, 2.75) is 288 Å². The van der Waals surface area contributed by atoms with Crippen LogP contribution in [0.3, 0.4) is 0 Å². The highest BCUT2D eigenvalue weighted by Gasteiger charge is 2.68. The van der Waals surface area contributed by atoms with Crippen molar-refractivity contribution < 1.29 is 38.3 Å². The maximum Gasteiger partial charge on any atom is 0.264 e. The predicted molar refractivity (Wildman–Crippen MR) is 256 cm³/mol. The molecule has 1 saturated carbocycles. The Morgan fingerprint density at radius 3 is 1.45 bits per heavy atom. The van der Waals surface area contributed by atoms with Gasteiger partial charge in [-0.15, -0.1) is 0 Å². The van der Waals surface area contributed by atoms with Crippen molar-refractivity contribution in [3.05, 3.63) is 0 Å². The molecule has 5 rings (SSSR count). The van der Waals surface area contributed by atoms with Gasteiger partial charge >= 0.3 is 0 Å². The van der Waals surface area contributed by atoms with Crippen LogP contribution in [0.4, 0.5) is 0 Å². The van der Waals surface area contributed by atoms with E-state index < -0.39 is 39.1 Å². The van der Waals surface area contributed by atoms with Gasteiger partial charge in [0.25, 0.3) is 11.8 Å². The number of carbonyl (C=O) groups is 4. The first-order chi connectivity index (χ1) is 30.7. The van der Waals surface area contributed by atoms with Gasteiger partial charge in [0.15, 0.2) is 16.9 Å². The lowest BCUT2D eigenvalue weighted by molar-refractivity contribution is -0.310. The fourth-order valence-corrected chi connectivity index (χ4v) is 13.1. The molecule has 0 bridgehead atoms. The van der Waals surface area contributed by atoms with Crippen LogP contribution in [0, 0.1) is 0 Å². The minimum atomic E-state index is -1.16. The van der Waals surface area contributed by atoms with Gasteiger partial charge in [0.2, 0.25) is 11.8 Å². The Balaban J connectivity index is 1.31. The molecule has 0 unspecified atom stereocenters. The van der Waals surface area contributed by atoms with E-state index in [0.717, 1.165) is 64.2 Å². The lowest BCUT2D eigenvalue weighted by Crippen LogP contribution is -2.69. The maximum absolute atomic E-state index is 15.2. The Hall–Kier alpha value is -1.96. The molecule has 4 heterocycles. The first kappa shape index (κ1) is 54.0. The molecule has 4 aliphatic heterocycles. The predicted octanol–water partition coefficient (Wildman–Crippen LogP) is 11.5. The molecule has 0 aromatic heterocycles. The molecule has 0 N–H and O–H groups in total. The zero-order valence-corrected chi connectivity index (χ0v) is 43.2. The first-order valence-corrected chi connectivity index (χ1v) is 26.6. The molecule has 3 spiro atoms. The second kappa shape index (κ2) is 23.1. The summed E-state index contributed by atoms with van der Waals surface area (Å²) in [6.07, 6.45) is 24.4. The minimum Gasteiger partial charge on any atom is -0.365 e. The smallest absolute Gasteiger partial charge is 0.264 e. The van der Waals surface area contributed by atoms with Crippen LogP contribution in [-0.4, -0.2) is 109 Å². The van der Waals surface area contributed by atoms with Crippen molar-refractivity contribution in [3.63, 3.8) is 0 Å². The van der Waals surface area contributed by atoms with E-state index in [0.29, 0.717) is 64.7 Å². The number of nitrogens with zero attached hydrogens (tertiary/aromatic N) is 4. The topological polar surface area (TPSA) is 118 Å². The van der Waals surface area contributed by atoms with Crippen LogP contribution < -0.4 is 0 Å². The van der Waals surface area contributed by atoms with Crippen molar-refractivity contribution in [2.24, 2.45) is 0 Å². The van der Waals surface area contributed by atoms with E-state index in [9.17, 15) is 14.4 Å². The fraction of sp³-hybridized carbons (Fsp3) is 0.925. The Bertz CT molecular complexity index is 1530. The van der Waals surface area contributed by atoms with E-state index in [1.165, 1.54) is 62.7 Å². The first-order valence-electron chi connectivity index (χ1n) is 26.6. The SMILES string of the molecule is CCCON1C(C)(C)CC2(CC1(C)C)OCCCCCCCCCCCN(C(=O)CCCON1C(C)(C)CC3(CC1(C)C)OC1(CCCCCCCCCCC1)N(C(=O)CC)C3=O)C2=O. The third-order valence-corrected chi connectivity index (χ3v) is 15.2. The summed E-state index contributed by atoms with van der Waals surface area (Å²) in [6.45, 7) is 22.6. The average molecular weight is 915 g/mol. The van der Waals surface area contributed by atoms with Gasteiger partial charge in [-0.25, -0.2) is 0 Å². The number of rotatable bonds is 9. The molecule has 12 nitrogen and oxygen atoms in total. The fourth-order valence-electron chi connectivity index (χ4n) is 13.1. The summed E-state index contributed by atoms with van der Waals surface area (Å²) in [5.74, 6) is -0.732. The number of hydroxylamine groups is 4. The molecular weight excluding hydrogens is 821 g/mol. The van der Waals surface area contributed by atoms with Crippen LogP contribution in [0.15, 0.2) is 0 Å². The largest absolute Gasteiger partial charge is 0.365 e. The zero-order valence-electron chi connectivity index (χ0n) is 43.2. The van der Waals surface area contributed by atoms with Gasteiger partial charge in [0.05, 0.1) is 13.2 Å². The molecule has 0 aromatic carbocycles. The van der Waals surface area contributed by atoms with Gasteiger partial charge in [-0.3, -0.25) is 38.7 Å². The molecule has 4 amide bonds. The van der Waals surface area contributed by atoms with Gasteiger partial charge in [-0.05, 0) is 107 Å². The summed E-state index contributed by atoms with van der Waals surface area (Å²) in [7, 11) is 0. The summed E-state index contributed by atoms with van der Waals surface area (Å²) < 4.78 is 14.1. The normalized spacial score (nSPS) is 27.2. The van der Waals surface area contributed by atoms with Crippen molar-refractivity contribution in [1.82, 2.24) is 19.9 Å². The van der Waals surface area contributed by atoms with Gasteiger partial charge in [0, 0.05) is 73.8 Å². The van der Waals surface area contributed by atoms with Crippen molar-refractivity contribution in [2.75, 3.05) is 26.4 Å². The molecule has 65 heavy (non-hydrogen) atoms. The average Bonchev–Trinajstić information content (AvgIpc) is 3.43. The zero-order chi connectivity index (χ0) is 47.6. The van der Waals surface area contributed by atoms with Crippen LogP contribution in [0.5, 0.6) is 0 Å². The summed E-state index contributed by atoms with van der Waals surface area (Å²) >= 11 is 0. The second-order valence-electron chi connectivity index (χ2n) is 23.3. The summed E-state index contributed by atoms with van der Waals surface area (Å²) in [5.41, 5.74) is -5.55. The van der Waals surface area contributed by atoms with E-state index in [1.807, 2.05) is 12.0 Å². The summed E-state index contributed by atoms with van der Waals surface area (Å²) in [4.78, 5) is 74.5.